The molecular formula is C16H19N5. The van der Waals surface area contributed by atoms with Gasteiger partial charge in [-0.15, -0.1) is 0 Å². The van der Waals surface area contributed by atoms with Gasteiger partial charge in [-0.2, -0.15) is 5.10 Å². The molecule has 2 aromatic heterocycles. The van der Waals surface area contributed by atoms with Crippen LogP contribution < -0.4 is 5.32 Å². The summed E-state index contributed by atoms with van der Waals surface area (Å²) in [6.07, 6.45) is 9.53. The number of nitrogens with zero attached hydrogens (tertiary/aromatic N) is 4. The molecule has 108 valence electrons. The highest BCUT2D eigenvalue weighted by atomic mass is 15.2. The van der Waals surface area contributed by atoms with Gasteiger partial charge in [-0.1, -0.05) is 12.1 Å². The smallest absolute Gasteiger partial charge is 0.0949 e. The Bertz CT molecular complexity index is 699. The lowest BCUT2D eigenvalue weighted by Gasteiger charge is -2.14. The molecule has 3 rings (SSSR count). The summed E-state index contributed by atoms with van der Waals surface area (Å²) in [5, 5.41) is 7.73. The molecule has 0 spiro atoms. The van der Waals surface area contributed by atoms with E-state index in [2.05, 4.69) is 51.2 Å². The highest BCUT2D eigenvalue weighted by Crippen LogP contribution is 2.19. The Morgan fingerprint density at radius 2 is 2.24 bits per heavy atom. The Hall–Kier alpha value is -2.56. The predicted molar refractivity (Wildman–Crippen MR) is 83.0 cm³/mol. The second-order valence-electron chi connectivity index (χ2n) is 5.25. The van der Waals surface area contributed by atoms with Crippen LogP contribution in [0.2, 0.25) is 0 Å². The van der Waals surface area contributed by atoms with Crippen molar-refractivity contribution in [1.82, 2.24) is 19.3 Å². The number of rotatable bonds is 5. The second kappa shape index (κ2) is 5.83. The number of hydrogen-bond acceptors (Lipinski definition) is 3. The Morgan fingerprint density at radius 3 is 2.95 bits per heavy atom. The number of imidazole rings is 1. The van der Waals surface area contributed by atoms with E-state index < -0.39 is 0 Å². The third kappa shape index (κ3) is 3.31. The quantitative estimate of drug-likeness (QED) is 0.782. The van der Waals surface area contributed by atoms with Gasteiger partial charge in [0.15, 0.2) is 0 Å². The molecule has 1 N–H and O–H groups in total. The van der Waals surface area contributed by atoms with Crippen molar-refractivity contribution in [3.63, 3.8) is 0 Å². The van der Waals surface area contributed by atoms with E-state index in [0.29, 0.717) is 0 Å². The lowest BCUT2D eigenvalue weighted by Crippen LogP contribution is -2.06. The first-order valence-electron chi connectivity index (χ1n) is 7.00. The van der Waals surface area contributed by atoms with Gasteiger partial charge in [0.05, 0.1) is 18.6 Å². The summed E-state index contributed by atoms with van der Waals surface area (Å²) in [4.78, 5) is 4.07. The average molecular weight is 281 g/mol. The van der Waals surface area contributed by atoms with Gasteiger partial charge in [0.2, 0.25) is 0 Å². The highest BCUT2D eigenvalue weighted by molar-refractivity contribution is 5.47. The molecule has 21 heavy (non-hydrogen) atoms. The summed E-state index contributed by atoms with van der Waals surface area (Å²) in [5.41, 5.74) is 3.54. The standard InChI is InChI=1S/C16H19N5/c1-13(15-9-18-20(2)11-15)19-16-5-3-4-14(8-16)10-21-7-6-17-12-21/h3-9,11-13,19H,10H2,1-2H3. The molecule has 0 saturated carbocycles. The number of benzene rings is 1. The van der Waals surface area contributed by atoms with Gasteiger partial charge < -0.3 is 9.88 Å². The van der Waals surface area contributed by atoms with Crippen molar-refractivity contribution in [2.45, 2.75) is 19.5 Å². The molecule has 0 radical (unpaired) electrons. The fourth-order valence-corrected chi connectivity index (χ4v) is 2.35. The fourth-order valence-electron chi connectivity index (χ4n) is 2.35. The van der Waals surface area contributed by atoms with Crippen molar-refractivity contribution < 1.29 is 0 Å². The lowest BCUT2D eigenvalue weighted by molar-refractivity contribution is 0.765. The third-order valence-electron chi connectivity index (χ3n) is 3.46. The van der Waals surface area contributed by atoms with Gasteiger partial charge in [0, 0.05) is 43.4 Å². The summed E-state index contributed by atoms with van der Waals surface area (Å²) in [7, 11) is 1.93. The summed E-state index contributed by atoms with van der Waals surface area (Å²) in [6, 6.07) is 8.68. The summed E-state index contributed by atoms with van der Waals surface area (Å²) < 4.78 is 3.88. The highest BCUT2D eigenvalue weighted by Gasteiger charge is 2.07. The number of nitrogens with one attached hydrogen (secondary N) is 1. The molecule has 0 fully saturated rings. The zero-order valence-corrected chi connectivity index (χ0v) is 12.3. The van der Waals surface area contributed by atoms with Gasteiger partial charge in [0.1, 0.15) is 0 Å². The largest absolute Gasteiger partial charge is 0.378 e. The number of aromatic nitrogens is 4. The summed E-state index contributed by atoms with van der Waals surface area (Å²) in [5.74, 6) is 0. The fraction of sp³-hybridized carbons (Fsp3) is 0.250. The van der Waals surface area contributed by atoms with Crippen molar-refractivity contribution >= 4 is 5.69 Å². The first kappa shape index (κ1) is 13.4. The van der Waals surface area contributed by atoms with Crippen LogP contribution in [0.4, 0.5) is 5.69 Å². The molecule has 1 unspecified atom stereocenters. The Labute approximate surface area is 124 Å². The van der Waals surface area contributed by atoms with Crippen LogP contribution >= 0.6 is 0 Å². The first-order valence-corrected chi connectivity index (χ1v) is 7.00. The van der Waals surface area contributed by atoms with Crippen LogP contribution in [-0.4, -0.2) is 19.3 Å². The zero-order chi connectivity index (χ0) is 14.7. The Balaban J connectivity index is 1.71. The molecule has 0 aliphatic rings. The van der Waals surface area contributed by atoms with Crippen molar-refractivity contribution in [1.29, 1.82) is 0 Å². The van der Waals surface area contributed by atoms with E-state index in [9.17, 15) is 0 Å². The maximum Gasteiger partial charge on any atom is 0.0949 e. The predicted octanol–water partition coefficient (Wildman–Crippen LogP) is 2.84. The Kier molecular flexibility index (Phi) is 3.73. The number of aryl methyl sites for hydroxylation is 1. The van der Waals surface area contributed by atoms with Crippen molar-refractivity contribution in [2.24, 2.45) is 7.05 Å². The van der Waals surface area contributed by atoms with Crippen LogP contribution in [0.25, 0.3) is 0 Å². The molecule has 1 aromatic carbocycles. The van der Waals surface area contributed by atoms with Crippen molar-refractivity contribution in [3.05, 3.63) is 66.5 Å². The molecule has 0 bridgehead atoms. The minimum Gasteiger partial charge on any atom is -0.378 e. The van der Waals surface area contributed by atoms with Crippen molar-refractivity contribution in [3.8, 4) is 0 Å². The van der Waals surface area contributed by atoms with Gasteiger partial charge >= 0.3 is 0 Å². The lowest BCUT2D eigenvalue weighted by atomic mass is 10.1. The molecule has 5 heteroatoms. The molecule has 0 amide bonds. The number of hydrogen-bond donors (Lipinski definition) is 1. The maximum absolute atomic E-state index is 4.21. The first-order chi connectivity index (χ1) is 10.2. The van der Waals surface area contributed by atoms with Gasteiger partial charge in [0.25, 0.3) is 0 Å². The van der Waals surface area contributed by atoms with Crippen LogP contribution in [0.3, 0.4) is 0 Å². The molecule has 1 atom stereocenters. The molecular weight excluding hydrogens is 262 g/mol. The van der Waals surface area contributed by atoms with E-state index in [4.69, 9.17) is 0 Å². The minimum absolute atomic E-state index is 0.224. The molecule has 0 aliphatic heterocycles. The minimum atomic E-state index is 0.224. The van der Waals surface area contributed by atoms with Crippen LogP contribution in [0, 0.1) is 0 Å². The van der Waals surface area contributed by atoms with Crippen LogP contribution in [-0.2, 0) is 13.6 Å². The monoisotopic (exact) mass is 281 g/mol. The normalized spacial score (nSPS) is 12.3. The SMILES string of the molecule is CC(Nc1cccc(Cn2ccnc2)c1)c1cnn(C)c1. The van der Waals surface area contributed by atoms with Crippen molar-refractivity contribution in [2.75, 3.05) is 5.32 Å². The maximum atomic E-state index is 4.21. The van der Waals surface area contributed by atoms with Gasteiger partial charge in [-0.05, 0) is 24.6 Å². The molecule has 5 nitrogen and oxygen atoms in total. The average Bonchev–Trinajstić information content (AvgIpc) is 3.11. The van der Waals surface area contributed by atoms with Gasteiger partial charge in [-0.3, -0.25) is 4.68 Å². The number of anilines is 1. The van der Waals surface area contributed by atoms with E-state index in [1.165, 1.54) is 11.1 Å². The summed E-state index contributed by atoms with van der Waals surface area (Å²) in [6.45, 7) is 2.97. The second-order valence-corrected chi connectivity index (χ2v) is 5.25. The molecule has 0 aliphatic carbocycles. The van der Waals surface area contributed by atoms with E-state index in [1.807, 2.05) is 36.6 Å². The van der Waals surface area contributed by atoms with E-state index in [1.54, 1.807) is 6.20 Å². The molecule has 3 aromatic rings. The Morgan fingerprint density at radius 1 is 1.33 bits per heavy atom. The van der Waals surface area contributed by atoms with Crippen LogP contribution in [0.15, 0.2) is 55.4 Å². The topological polar surface area (TPSA) is 47.7 Å². The van der Waals surface area contributed by atoms with Gasteiger partial charge in [-0.25, -0.2) is 4.98 Å². The molecule has 2 heterocycles. The van der Waals surface area contributed by atoms with E-state index >= 15 is 0 Å². The van der Waals surface area contributed by atoms with E-state index in [0.717, 1.165) is 12.2 Å². The van der Waals surface area contributed by atoms with Crippen LogP contribution in [0.5, 0.6) is 0 Å². The zero-order valence-electron chi connectivity index (χ0n) is 12.3. The summed E-state index contributed by atoms with van der Waals surface area (Å²) >= 11 is 0. The molecule has 0 saturated heterocycles. The third-order valence-corrected chi connectivity index (χ3v) is 3.46. The van der Waals surface area contributed by atoms with E-state index in [-0.39, 0.29) is 6.04 Å². The van der Waals surface area contributed by atoms with Crippen LogP contribution in [0.1, 0.15) is 24.1 Å².